The zero-order valence-electron chi connectivity index (χ0n) is 14.2. The number of rotatable bonds is 5. The highest BCUT2D eigenvalue weighted by Gasteiger charge is 2.36. The molecule has 0 saturated carbocycles. The summed E-state index contributed by atoms with van der Waals surface area (Å²) in [5.41, 5.74) is 1.49. The molecule has 0 unspecified atom stereocenters. The zero-order chi connectivity index (χ0) is 18.9. The molecule has 0 radical (unpaired) electrons. The number of thiazole rings is 1. The highest BCUT2D eigenvalue weighted by atomic mass is 32.2. The number of nitrogens with zero attached hydrogens (tertiary/aromatic N) is 2. The van der Waals surface area contributed by atoms with Crippen molar-refractivity contribution in [2.24, 2.45) is 0 Å². The lowest BCUT2D eigenvalue weighted by atomic mass is 10.1. The van der Waals surface area contributed by atoms with Gasteiger partial charge >= 0.3 is 0 Å². The van der Waals surface area contributed by atoms with E-state index in [2.05, 4.69) is 4.98 Å². The van der Waals surface area contributed by atoms with Crippen molar-refractivity contribution >= 4 is 27.3 Å². The van der Waals surface area contributed by atoms with E-state index in [1.54, 1.807) is 29.6 Å². The van der Waals surface area contributed by atoms with Crippen molar-refractivity contribution in [3.05, 3.63) is 81.8 Å². The number of carbonyl (C=O) groups is 1. The molecule has 138 valence electrons. The van der Waals surface area contributed by atoms with Gasteiger partial charge in [0.05, 0.1) is 18.0 Å². The Morgan fingerprint density at radius 1 is 1.07 bits per heavy atom. The van der Waals surface area contributed by atoms with Crippen LogP contribution >= 0.6 is 11.3 Å². The molecule has 1 amide bonds. The van der Waals surface area contributed by atoms with Crippen LogP contribution in [0.15, 0.2) is 60.0 Å². The van der Waals surface area contributed by atoms with Gasteiger partial charge in [-0.05, 0) is 23.8 Å². The van der Waals surface area contributed by atoms with Crippen LogP contribution < -0.4 is 4.74 Å². The first-order chi connectivity index (χ1) is 13.0. The lowest BCUT2D eigenvalue weighted by molar-refractivity contribution is 0.0848. The summed E-state index contributed by atoms with van der Waals surface area (Å²) in [6.45, 7) is 0.218. The number of para-hydroxylation sites is 1. The number of aromatic nitrogens is 1. The lowest BCUT2D eigenvalue weighted by Crippen LogP contribution is -2.41. The molecular formula is C19H16N2O4S2. The minimum absolute atomic E-state index is 0.0721. The lowest BCUT2D eigenvalue weighted by Gasteiger charge is -2.27. The normalized spacial score (nSPS) is 15.4. The Balaban J connectivity index is 1.49. The molecule has 3 aromatic rings. The summed E-state index contributed by atoms with van der Waals surface area (Å²) in [6.07, 6.45) is 0. The fraction of sp³-hybridized carbons (Fsp3) is 0.158. The minimum atomic E-state index is -3.71. The third-order valence-electron chi connectivity index (χ3n) is 4.16. The van der Waals surface area contributed by atoms with E-state index in [-0.39, 0.29) is 18.9 Å². The molecule has 2 aromatic carbocycles. The number of carbonyl (C=O) groups excluding carboxylic acids is 1. The Bertz CT molecular complexity index is 1080. The molecule has 0 saturated heterocycles. The average Bonchev–Trinajstić information content (AvgIpc) is 3.12. The summed E-state index contributed by atoms with van der Waals surface area (Å²) in [5, 5.41) is 2.48. The Kier molecular flexibility index (Phi) is 4.67. The van der Waals surface area contributed by atoms with E-state index < -0.39 is 15.9 Å². The maximum absolute atomic E-state index is 12.7. The quantitative estimate of drug-likeness (QED) is 0.657. The van der Waals surface area contributed by atoms with Gasteiger partial charge in [0.1, 0.15) is 17.4 Å². The van der Waals surface area contributed by atoms with Crippen LogP contribution in [-0.4, -0.2) is 23.6 Å². The van der Waals surface area contributed by atoms with Crippen molar-refractivity contribution in [2.45, 2.75) is 18.9 Å². The van der Waals surface area contributed by atoms with Crippen molar-refractivity contribution in [3.63, 3.8) is 0 Å². The molecule has 1 aromatic heterocycles. The smallest absolute Gasteiger partial charge is 0.268 e. The van der Waals surface area contributed by atoms with Crippen molar-refractivity contribution in [3.8, 4) is 5.75 Å². The second-order valence-electron chi connectivity index (χ2n) is 6.06. The summed E-state index contributed by atoms with van der Waals surface area (Å²) in [7, 11) is -3.71. The van der Waals surface area contributed by atoms with Gasteiger partial charge in [0.2, 0.25) is 10.0 Å². The van der Waals surface area contributed by atoms with Crippen LogP contribution in [0.3, 0.4) is 0 Å². The van der Waals surface area contributed by atoms with E-state index in [4.69, 9.17) is 4.74 Å². The van der Waals surface area contributed by atoms with Crippen LogP contribution in [0.1, 0.15) is 26.6 Å². The summed E-state index contributed by atoms with van der Waals surface area (Å²) < 4.78 is 31.6. The summed E-state index contributed by atoms with van der Waals surface area (Å²) in [6, 6.07) is 16.2. The molecule has 0 bridgehead atoms. The van der Waals surface area contributed by atoms with E-state index in [1.807, 2.05) is 30.3 Å². The molecule has 1 aliphatic heterocycles. The van der Waals surface area contributed by atoms with Gasteiger partial charge in [-0.2, -0.15) is 0 Å². The van der Waals surface area contributed by atoms with Crippen molar-refractivity contribution in [2.75, 3.05) is 0 Å². The summed E-state index contributed by atoms with van der Waals surface area (Å²) in [4.78, 5) is 17.1. The molecule has 6 nitrogen and oxygen atoms in total. The maximum atomic E-state index is 12.7. The first-order valence-corrected chi connectivity index (χ1v) is 10.8. The second kappa shape index (κ2) is 7.13. The predicted octanol–water partition coefficient (Wildman–Crippen LogP) is 3.21. The largest absolute Gasteiger partial charge is 0.486 e. The monoisotopic (exact) mass is 400 g/mol. The highest BCUT2D eigenvalue weighted by Crippen LogP contribution is 2.26. The summed E-state index contributed by atoms with van der Waals surface area (Å²) >= 11 is 1.38. The van der Waals surface area contributed by atoms with Crippen LogP contribution in [0.4, 0.5) is 0 Å². The number of hydrogen-bond acceptors (Lipinski definition) is 6. The first kappa shape index (κ1) is 17.7. The van der Waals surface area contributed by atoms with Gasteiger partial charge in [-0.1, -0.05) is 36.4 Å². The van der Waals surface area contributed by atoms with Gasteiger partial charge in [-0.25, -0.2) is 17.7 Å². The van der Waals surface area contributed by atoms with Gasteiger partial charge in [0, 0.05) is 10.9 Å². The SMILES string of the molecule is O=C1c2ccccc2CS(=O)(=O)N1Cc1csc(COc2ccccc2)n1. The minimum Gasteiger partial charge on any atom is -0.486 e. The molecule has 4 rings (SSSR count). The van der Waals surface area contributed by atoms with E-state index in [9.17, 15) is 13.2 Å². The Labute approximate surface area is 161 Å². The third kappa shape index (κ3) is 3.72. The van der Waals surface area contributed by atoms with Gasteiger partial charge in [0.15, 0.2) is 0 Å². The van der Waals surface area contributed by atoms with Crippen LogP contribution in [0, 0.1) is 0 Å². The van der Waals surface area contributed by atoms with Gasteiger partial charge in [0.25, 0.3) is 5.91 Å². The zero-order valence-corrected chi connectivity index (χ0v) is 15.9. The van der Waals surface area contributed by atoms with Gasteiger partial charge < -0.3 is 4.74 Å². The number of benzene rings is 2. The first-order valence-electron chi connectivity index (χ1n) is 8.27. The molecular weight excluding hydrogens is 384 g/mol. The Hall–Kier alpha value is -2.71. The molecule has 0 fully saturated rings. The molecule has 0 atom stereocenters. The predicted molar refractivity (Wildman–Crippen MR) is 102 cm³/mol. The number of amides is 1. The molecule has 8 heteroatoms. The average molecular weight is 400 g/mol. The van der Waals surface area contributed by atoms with Crippen LogP contribution in [0.2, 0.25) is 0 Å². The highest BCUT2D eigenvalue weighted by molar-refractivity contribution is 7.89. The number of hydrogen-bond donors (Lipinski definition) is 0. The van der Waals surface area contributed by atoms with Crippen LogP contribution in [0.25, 0.3) is 0 Å². The van der Waals surface area contributed by atoms with Gasteiger partial charge in [-0.15, -0.1) is 11.3 Å². The number of ether oxygens (including phenoxy) is 1. The maximum Gasteiger partial charge on any atom is 0.268 e. The van der Waals surface area contributed by atoms with Crippen LogP contribution in [-0.2, 0) is 28.9 Å². The standard InChI is InChI=1S/C19H16N2O4S2/c22-19-17-9-5-4-6-14(17)13-27(23,24)21(19)10-15-12-26-18(20-15)11-25-16-7-2-1-3-8-16/h1-9,12H,10-11,13H2. The molecule has 1 aliphatic rings. The second-order valence-corrected chi connectivity index (χ2v) is 8.90. The Morgan fingerprint density at radius 2 is 1.81 bits per heavy atom. The van der Waals surface area contributed by atoms with Crippen LogP contribution in [0.5, 0.6) is 5.75 Å². The molecule has 0 aliphatic carbocycles. The molecule has 27 heavy (non-hydrogen) atoms. The fourth-order valence-corrected chi connectivity index (χ4v) is 5.03. The molecule has 0 spiro atoms. The van der Waals surface area contributed by atoms with E-state index in [0.717, 1.165) is 15.1 Å². The van der Waals surface area contributed by atoms with Crippen molar-refractivity contribution in [1.82, 2.24) is 9.29 Å². The van der Waals surface area contributed by atoms with E-state index in [0.29, 0.717) is 16.8 Å². The number of fused-ring (bicyclic) bond motifs is 1. The summed E-state index contributed by atoms with van der Waals surface area (Å²) in [5.74, 6) is 0.0508. The topological polar surface area (TPSA) is 76.6 Å². The number of sulfonamides is 1. The third-order valence-corrected chi connectivity index (χ3v) is 6.67. The molecule has 0 N–H and O–H groups in total. The Morgan fingerprint density at radius 3 is 2.63 bits per heavy atom. The van der Waals surface area contributed by atoms with E-state index in [1.165, 1.54) is 11.3 Å². The van der Waals surface area contributed by atoms with Gasteiger partial charge in [-0.3, -0.25) is 4.79 Å². The van der Waals surface area contributed by atoms with E-state index >= 15 is 0 Å². The van der Waals surface area contributed by atoms with Crippen molar-refractivity contribution in [1.29, 1.82) is 0 Å². The molecule has 2 heterocycles. The van der Waals surface area contributed by atoms with Crippen molar-refractivity contribution < 1.29 is 17.9 Å². The fourth-order valence-electron chi connectivity index (χ4n) is 2.86.